The molecule has 0 aliphatic rings. The van der Waals surface area contributed by atoms with Crippen LogP contribution in [-0.2, 0) is 10.2 Å². The molecule has 0 saturated heterocycles. The molecule has 1 aromatic rings. The van der Waals surface area contributed by atoms with Crippen LogP contribution in [0.3, 0.4) is 0 Å². The van der Waals surface area contributed by atoms with E-state index in [0.29, 0.717) is 18.6 Å². The Balaban J connectivity index is 3.11. The minimum Gasteiger partial charge on any atom is -0.480 e. The molecule has 1 N–H and O–H groups in total. The fourth-order valence-corrected chi connectivity index (χ4v) is 1.46. The third-order valence-corrected chi connectivity index (χ3v) is 2.52. The van der Waals surface area contributed by atoms with E-state index in [0.717, 1.165) is 0 Å². The number of nitrogens with zero attached hydrogens (tertiary/aromatic N) is 1. The number of aliphatic carboxylic acids is 1. The van der Waals surface area contributed by atoms with E-state index in [1.54, 1.807) is 0 Å². The monoisotopic (exact) mass is 183 g/mol. The van der Waals surface area contributed by atoms with Crippen molar-refractivity contribution >= 4 is 5.97 Å². The molecule has 0 atom stereocenters. The van der Waals surface area contributed by atoms with E-state index in [1.807, 2.05) is 13.8 Å². The molecule has 1 aromatic heterocycles. The molecule has 0 bridgehead atoms. The fraction of sp³-hybridized carbons (Fsp3) is 0.556. The molecule has 0 spiro atoms. The zero-order chi connectivity index (χ0) is 9.90. The van der Waals surface area contributed by atoms with Gasteiger partial charge in [0.25, 0.3) is 0 Å². The Morgan fingerprint density at radius 3 is 2.54 bits per heavy atom. The van der Waals surface area contributed by atoms with Gasteiger partial charge < -0.3 is 9.52 Å². The molecule has 0 amide bonds. The third-order valence-electron chi connectivity index (χ3n) is 2.52. The second kappa shape index (κ2) is 3.60. The van der Waals surface area contributed by atoms with Crippen LogP contribution in [0.5, 0.6) is 0 Å². The summed E-state index contributed by atoms with van der Waals surface area (Å²) in [5, 5.41) is 9.11. The van der Waals surface area contributed by atoms with Crippen LogP contribution in [0.25, 0.3) is 0 Å². The second-order valence-electron chi connectivity index (χ2n) is 2.96. The molecule has 1 heterocycles. The Kier molecular flexibility index (Phi) is 2.70. The first-order chi connectivity index (χ1) is 6.17. The van der Waals surface area contributed by atoms with Crippen LogP contribution in [0.15, 0.2) is 17.0 Å². The minimum atomic E-state index is -0.906. The lowest BCUT2D eigenvalue weighted by atomic mass is 9.80. The molecule has 1 rings (SSSR count). The first-order valence-electron chi connectivity index (χ1n) is 4.29. The maximum atomic E-state index is 11.1. The molecule has 0 aliphatic heterocycles. The highest BCUT2D eigenvalue weighted by atomic mass is 16.4. The molecular formula is C9H13NO3. The molecule has 4 heteroatoms. The second-order valence-corrected chi connectivity index (χ2v) is 2.96. The molecule has 72 valence electrons. The van der Waals surface area contributed by atoms with Crippen molar-refractivity contribution in [2.75, 3.05) is 0 Å². The van der Waals surface area contributed by atoms with E-state index in [2.05, 4.69) is 4.98 Å². The zero-order valence-corrected chi connectivity index (χ0v) is 7.78. The SMILES string of the molecule is CCC(CC)(C(=O)O)c1cnco1. The number of rotatable bonds is 4. The van der Waals surface area contributed by atoms with Crippen molar-refractivity contribution in [2.45, 2.75) is 32.1 Å². The molecule has 0 radical (unpaired) electrons. The molecule has 13 heavy (non-hydrogen) atoms. The number of hydrogen-bond acceptors (Lipinski definition) is 3. The van der Waals surface area contributed by atoms with Crippen LogP contribution in [0.1, 0.15) is 32.4 Å². The van der Waals surface area contributed by atoms with Gasteiger partial charge in [-0.05, 0) is 12.8 Å². The van der Waals surface area contributed by atoms with Gasteiger partial charge in [-0.25, -0.2) is 4.98 Å². The van der Waals surface area contributed by atoms with Gasteiger partial charge in [-0.2, -0.15) is 0 Å². The van der Waals surface area contributed by atoms with E-state index in [-0.39, 0.29) is 0 Å². The molecule has 4 nitrogen and oxygen atoms in total. The Morgan fingerprint density at radius 1 is 1.62 bits per heavy atom. The highest BCUT2D eigenvalue weighted by Gasteiger charge is 2.39. The van der Waals surface area contributed by atoms with Gasteiger partial charge in [0.2, 0.25) is 0 Å². The first-order valence-corrected chi connectivity index (χ1v) is 4.29. The number of aromatic nitrogens is 1. The summed E-state index contributed by atoms with van der Waals surface area (Å²) in [5.41, 5.74) is -0.906. The van der Waals surface area contributed by atoms with Crippen molar-refractivity contribution < 1.29 is 14.3 Å². The molecule has 0 aliphatic carbocycles. The third kappa shape index (κ3) is 1.43. The lowest BCUT2D eigenvalue weighted by Crippen LogP contribution is -2.33. The average molecular weight is 183 g/mol. The van der Waals surface area contributed by atoms with Crippen LogP contribution < -0.4 is 0 Å². The first kappa shape index (κ1) is 9.77. The van der Waals surface area contributed by atoms with Gasteiger partial charge in [0.1, 0.15) is 11.2 Å². The number of carboxylic acid groups (broad SMARTS) is 1. The standard InChI is InChI=1S/C9H13NO3/c1-3-9(4-2,8(11)12)7-5-10-6-13-7/h5-6H,3-4H2,1-2H3,(H,11,12). The predicted octanol–water partition coefficient (Wildman–Crippen LogP) is 1.82. The average Bonchev–Trinajstić information content (AvgIpc) is 2.60. The highest BCUT2D eigenvalue weighted by Crippen LogP contribution is 2.31. The number of hydrogen-bond donors (Lipinski definition) is 1. The Hall–Kier alpha value is -1.32. The van der Waals surface area contributed by atoms with Crippen molar-refractivity contribution in [1.82, 2.24) is 4.98 Å². The maximum Gasteiger partial charge on any atom is 0.317 e. The Labute approximate surface area is 76.6 Å². The number of carboxylic acids is 1. The summed E-state index contributed by atoms with van der Waals surface area (Å²) in [6, 6.07) is 0. The van der Waals surface area contributed by atoms with Gasteiger partial charge in [-0.3, -0.25) is 4.79 Å². The summed E-state index contributed by atoms with van der Waals surface area (Å²) in [7, 11) is 0. The Morgan fingerprint density at radius 2 is 2.23 bits per heavy atom. The largest absolute Gasteiger partial charge is 0.480 e. The van der Waals surface area contributed by atoms with Gasteiger partial charge in [0.05, 0.1) is 6.20 Å². The summed E-state index contributed by atoms with van der Waals surface area (Å²) >= 11 is 0. The van der Waals surface area contributed by atoms with Crippen molar-refractivity contribution in [1.29, 1.82) is 0 Å². The van der Waals surface area contributed by atoms with E-state index in [9.17, 15) is 4.79 Å². The molecule has 0 saturated carbocycles. The zero-order valence-electron chi connectivity index (χ0n) is 7.78. The van der Waals surface area contributed by atoms with Gasteiger partial charge in [-0.1, -0.05) is 13.8 Å². The van der Waals surface area contributed by atoms with Crippen LogP contribution >= 0.6 is 0 Å². The van der Waals surface area contributed by atoms with Crippen LogP contribution in [-0.4, -0.2) is 16.1 Å². The molecule has 0 unspecified atom stereocenters. The fourth-order valence-electron chi connectivity index (χ4n) is 1.46. The molecule has 0 aromatic carbocycles. The highest BCUT2D eigenvalue weighted by molar-refractivity contribution is 5.80. The topological polar surface area (TPSA) is 63.3 Å². The normalized spacial score (nSPS) is 11.5. The summed E-state index contributed by atoms with van der Waals surface area (Å²) < 4.78 is 5.05. The van der Waals surface area contributed by atoms with Crippen LogP contribution in [0.4, 0.5) is 0 Å². The van der Waals surface area contributed by atoms with Crippen molar-refractivity contribution in [2.24, 2.45) is 0 Å². The predicted molar refractivity (Wildman–Crippen MR) is 46.4 cm³/mol. The van der Waals surface area contributed by atoms with Crippen molar-refractivity contribution in [3.8, 4) is 0 Å². The lowest BCUT2D eigenvalue weighted by molar-refractivity contribution is -0.145. The van der Waals surface area contributed by atoms with Crippen molar-refractivity contribution in [3.63, 3.8) is 0 Å². The van der Waals surface area contributed by atoms with E-state index < -0.39 is 11.4 Å². The van der Waals surface area contributed by atoms with Crippen LogP contribution in [0.2, 0.25) is 0 Å². The minimum absolute atomic E-state index is 0.435. The molecular weight excluding hydrogens is 170 g/mol. The van der Waals surface area contributed by atoms with E-state index >= 15 is 0 Å². The smallest absolute Gasteiger partial charge is 0.317 e. The van der Waals surface area contributed by atoms with Crippen molar-refractivity contribution in [3.05, 3.63) is 18.4 Å². The number of carbonyl (C=O) groups is 1. The van der Waals surface area contributed by atoms with Gasteiger partial charge >= 0.3 is 5.97 Å². The summed E-state index contributed by atoms with van der Waals surface area (Å²) in [6.07, 6.45) is 3.75. The summed E-state index contributed by atoms with van der Waals surface area (Å²) in [4.78, 5) is 14.8. The quantitative estimate of drug-likeness (QED) is 0.773. The summed E-state index contributed by atoms with van der Waals surface area (Å²) in [6.45, 7) is 3.67. The van der Waals surface area contributed by atoms with Crippen LogP contribution in [0, 0.1) is 0 Å². The molecule has 0 fully saturated rings. The van der Waals surface area contributed by atoms with Gasteiger partial charge in [0.15, 0.2) is 6.39 Å². The number of oxazole rings is 1. The maximum absolute atomic E-state index is 11.1. The summed E-state index contributed by atoms with van der Waals surface area (Å²) in [5.74, 6) is -0.417. The van der Waals surface area contributed by atoms with E-state index in [4.69, 9.17) is 9.52 Å². The van der Waals surface area contributed by atoms with Gasteiger partial charge in [0, 0.05) is 0 Å². The Bertz CT molecular complexity index is 275. The van der Waals surface area contributed by atoms with E-state index in [1.165, 1.54) is 12.6 Å². The van der Waals surface area contributed by atoms with Gasteiger partial charge in [-0.15, -0.1) is 0 Å². The lowest BCUT2D eigenvalue weighted by Gasteiger charge is -2.23.